The van der Waals surface area contributed by atoms with Crippen molar-refractivity contribution >= 4 is 40.4 Å². The van der Waals surface area contributed by atoms with Gasteiger partial charge in [-0.1, -0.05) is 11.6 Å². The highest BCUT2D eigenvalue weighted by molar-refractivity contribution is 6.29. The number of fused-ring (bicyclic) bond motifs is 1. The number of rotatable bonds is 5. The van der Waals surface area contributed by atoms with Crippen molar-refractivity contribution in [1.29, 1.82) is 0 Å². The van der Waals surface area contributed by atoms with E-state index in [1.54, 1.807) is 48.8 Å². The van der Waals surface area contributed by atoms with Gasteiger partial charge in [-0.2, -0.15) is 13.2 Å². The van der Waals surface area contributed by atoms with Crippen LogP contribution >= 0.6 is 11.6 Å². The number of hydrogen-bond acceptors (Lipinski definition) is 5. The molecule has 2 N–H and O–H groups in total. The molecule has 0 bridgehead atoms. The lowest BCUT2D eigenvalue weighted by atomic mass is 10.1. The zero-order valence-corrected chi connectivity index (χ0v) is 16.2. The summed E-state index contributed by atoms with van der Waals surface area (Å²) in [4.78, 5) is 16.7. The molecule has 0 aliphatic heterocycles. The smallest absolute Gasteiger partial charge is 0.397 e. The highest BCUT2D eigenvalue weighted by atomic mass is 35.5. The molecule has 2 heterocycles. The summed E-state index contributed by atoms with van der Waals surface area (Å²) in [5.41, 5.74) is -0.963. The molecule has 0 radical (unpaired) electrons. The molecule has 10 heteroatoms. The molecule has 1 saturated carbocycles. The normalized spacial score (nSPS) is 14.4. The topological polar surface area (TPSA) is 84.3 Å². The summed E-state index contributed by atoms with van der Waals surface area (Å²) >= 11 is 5.78. The second kappa shape index (κ2) is 8.74. The molecule has 3 aromatic rings. The number of benzene rings is 1. The minimum atomic E-state index is -4.22. The first-order chi connectivity index (χ1) is 14.3. The monoisotopic (exact) mass is 439 g/mol. The standard InChI is InChI=1S/C19H15ClF3N3O.CH2O2/c20-16-4-1-13(10-25-16)26-17-15-3-2-14(9-12(15)5-8-24-17)27-11-18(6-7-18)19(21,22)23;2-1-3/h1-5,8-10H,6-7,11H2,(H,24,26);1H,(H,2,3). The molecule has 158 valence electrons. The van der Waals surface area contributed by atoms with Crippen molar-refractivity contribution in [3.8, 4) is 5.75 Å². The van der Waals surface area contributed by atoms with Crippen molar-refractivity contribution in [1.82, 2.24) is 9.97 Å². The third kappa shape index (κ3) is 4.91. The zero-order valence-electron chi connectivity index (χ0n) is 15.5. The first kappa shape index (κ1) is 21.6. The van der Waals surface area contributed by atoms with Gasteiger partial charge < -0.3 is 15.2 Å². The Bertz CT molecular complexity index is 1030. The number of nitrogens with one attached hydrogen (secondary N) is 1. The summed E-state index contributed by atoms with van der Waals surface area (Å²) in [6.45, 7) is -0.603. The molecule has 6 nitrogen and oxygen atoms in total. The fourth-order valence-corrected chi connectivity index (χ4v) is 2.93. The maximum absolute atomic E-state index is 13.0. The maximum Gasteiger partial charge on any atom is 0.397 e. The van der Waals surface area contributed by atoms with Crippen molar-refractivity contribution in [2.75, 3.05) is 11.9 Å². The van der Waals surface area contributed by atoms with Gasteiger partial charge in [0.05, 0.1) is 11.9 Å². The van der Waals surface area contributed by atoms with Crippen molar-refractivity contribution in [2.45, 2.75) is 19.0 Å². The van der Waals surface area contributed by atoms with Gasteiger partial charge >= 0.3 is 6.18 Å². The van der Waals surface area contributed by atoms with Crippen LogP contribution in [-0.2, 0) is 4.79 Å². The predicted molar refractivity (Wildman–Crippen MR) is 106 cm³/mol. The number of pyridine rings is 2. The zero-order chi connectivity index (χ0) is 21.8. The molecule has 0 saturated heterocycles. The lowest BCUT2D eigenvalue weighted by molar-refractivity contribution is -0.194. The average Bonchev–Trinajstić information content (AvgIpc) is 3.50. The first-order valence-electron chi connectivity index (χ1n) is 8.83. The SMILES string of the molecule is FC(F)(F)C1(COc2ccc3c(Nc4ccc(Cl)nc4)nccc3c2)CC1.O=CO. The lowest BCUT2D eigenvalue weighted by Gasteiger charge is -2.19. The van der Waals surface area contributed by atoms with Gasteiger partial charge in [0.1, 0.15) is 28.7 Å². The van der Waals surface area contributed by atoms with E-state index in [0.717, 1.165) is 16.5 Å². The number of anilines is 2. The lowest BCUT2D eigenvalue weighted by Crippen LogP contribution is -2.30. The summed E-state index contributed by atoms with van der Waals surface area (Å²) in [6.07, 6.45) is -0.770. The van der Waals surface area contributed by atoms with Crippen LogP contribution in [0.15, 0.2) is 48.8 Å². The summed E-state index contributed by atoms with van der Waals surface area (Å²) in [5, 5.41) is 12.1. The van der Waals surface area contributed by atoms with Gasteiger partial charge in [0.2, 0.25) is 0 Å². The van der Waals surface area contributed by atoms with Crippen molar-refractivity contribution in [3.63, 3.8) is 0 Å². The Kier molecular flexibility index (Phi) is 6.31. The third-order valence-corrected chi connectivity index (χ3v) is 4.92. The van der Waals surface area contributed by atoms with Crippen LogP contribution in [0.3, 0.4) is 0 Å². The predicted octanol–water partition coefficient (Wildman–Crippen LogP) is 5.45. The van der Waals surface area contributed by atoms with Crippen LogP contribution < -0.4 is 10.1 Å². The Hall–Kier alpha value is -3.07. The van der Waals surface area contributed by atoms with Gasteiger partial charge in [0, 0.05) is 11.6 Å². The Morgan fingerprint density at radius 2 is 1.93 bits per heavy atom. The molecule has 4 rings (SSSR count). The van der Waals surface area contributed by atoms with Crippen LogP contribution in [0.25, 0.3) is 10.8 Å². The fourth-order valence-electron chi connectivity index (χ4n) is 2.81. The Labute approximate surface area is 174 Å². The van der Waals surface area contributed by atoms with E-state index in [-0.39, 0.29) is 25.9 Å². The molecular weight excluding hydrogens is 423 g/mol. The van der Waals surface area contributed by atoms with E-state index in [1.807, 2.05) is 0 Å². The average molecular weight is 440 g/mol. The van der Waals surface area contributed by atoms with Crippen LogP contribution in [-0.4, -0.2) is 34.3 Å². The Balaban J connectivity index is 0.000000806. The van der Waals surface area contributed by atoms with Crippen LogP contribution in [0.4, 0.5) is 24.7 Å². The number of halogens is 4. The van der Waals surface area contributed by atoms with Crippen molar-refractivity contribution in [2.24, 2.45) is 5.41 Å². The number of aromatic nitrogens is 2. The number of ether oxygens (including phenoxy) is 1. The van der Waals surface area contributed by atoms with Crippen LogP contribution in [0.1, 0.15) is 12.8 Å². The van der Waals surface area contributed by atoms with Gasteiger partial charge in [-0.25, -0.2) is 9.97 Å². The molecule has 0 unspecified atom stereocenters. The van der Waals surface area contributed by atoms with Crippen LogP contribution in [0, 0.1) is 5.41 Å². The van der Waals surface area contributed by atoms with E-state index in [0.29, 0.717) is 16.7 Å². The Morgan fingerprint density at radius 3 is 2.53 bits per heavy atom. The third-order valence-electron chi connectivity index (χ3n) is 4.70. The van der Waals surface area contributed by atoms with Gasteiger partial charge in [-0.3, -0.25) is 4.79 Å². The highest BCUT2D eigenvalue weighted by Crippen LogP contribution is 2.57. The summed E-state index contributed by atoms with van der Waals surface area (Å²) in [7, 11) is 0. The molecule has 1 aromatic carbocycles. The van der Waals surface area contributed by atoms with Gasteiger partial charge in [0.25, 0.3) is 6.47 Å². The van der Waals surface area contributed by atoms with E-state index < -0.39 is 11.6 Å². The van der Waals surface area contributed by atoms with Crippen molar-refractivity contribution in [3.05, 3.63) is 53.9 Å². The molecule has 30 heavy (non-hydrogen) atoms. The molecular formula is C20H17ClF3N3O3. The molecule has 0 spiro atoms. The molecule has 1 fully saturated rings. The van der Waals surface area contributed by atoms with E-state index in [9.17, 15) is 13.2 Å². The number of alkyl halides is 3. The van der Waals surface area contributed by atoms with E-state index in [2.05, 4.69) is 15.3 Å². The maximum atomic E-state index is 13.0. The fraction of sp³-hybridized carbons (Fsp3) is 0.250. The largest absolute Gasteiger partial charge is 0.493 e. The number of carbonyl (C=O) groups is 1. The summed E-state index contributed by atoms with van der Waals surface area (Å²) in [6, 6.07) is 10.4. The van der Waals surface area contributed by atoms with Crippen LogP contribution in [0.2, 0.25) is 5.15 Å². The van der Waals surface area contributed by atoms with E-state index in [4.69, 9.17) is 26.2 Å². The molecule has 2 aromatic heterocycles. The number of nitrogens with zero attached hydrogens (tertiary/aromatic N) is 2. The molecule has 0 amide bonds. The summed E-state index contributed by atoms with van der Waals surface area (Å²) in [5.74, 6) is 1.01. The van der Waals surface area contributed by atoms with Gasteiger partial charge in [0.15, 0.2) is 0 Å². The van der Waals surface area contributed by atoms with Crippen molar-refractivity contribution < 1.29 is 27.8 Å². The summed E-state index contributed by atoms with van der Waals surface area (Å²) < 4.78 is 44.5. The number of hydrogen-bond donors (Lipinski definition) is 2. The second-order valence-electron chi connectivity index (χ2n) is 6.71. The Morgan fingerprint density at radius 1 is 1.20 bits per heavy atom. The van der Waals surface area contributed by atoms with E-state index >= 15 is 0 Å². The van der Waals surface area contributed by atoms with Crippen LogP contribution in [0.5, 0.6) is 5.75 Å². The molecule has 1 aliphatic rings. The minimum absolute atomic E-state index is 0.122. The minimum Gasteiger partial charge on any atom is -0.493 e. The quantitative estimate of drug-likeness (QED) is 0.406. The number of carboxylic acid groups (broad SMARTS) is 1. The van der Waals surface area contributed by atoms with Gasteiger partial charge in [-0.05, 0) is 54.6 Å². The first-order valence-corrected chi connectivity index (χ1v) is 9.20. The van der Waals surface area contributed by atoms with Gasteiger partial charge in [-0.15, -0.1) is 0 Å². The molecule has 1 aliphatic carbocycles. The van der Waals surface area contributed by atoms with E-state index in [1.165, 1.54) is 0 Å². The second-order valence-corrected chi connectivity index (χ2v) is 7.10. The highest BCUT2D eigenvalue weighted by Gasteiger charge is 2.63. The molecule has 0 atom stereocenters.